The molecule has 110 valence electrons. The van der Waals surface area contributed by atoms with Crippen molar-refractivity contribution in [3.05, 3.63) is 35.4 Å². The summed E-state index contributed by atoms with van der Waals surface area (Å²) in [7, 11) is 0. The second-order valence-electron chi connectivity index (χ2n) is 6.80. The Balaban J connectivity index is 1.36. The molecule has 0 spiro atoms. The van der Waals surface area contributed by atoms with E-state index >= 15 is 0 Å². The lowest BCUT2D eigenvalue weighted by atomic mass is 10.0. The normalized spacial score (nSPS) is 35.3. The highest BCUT2D eigenvalue weighted by Gasteiger charge is 2.67. The molecule has 3 aliphatic carbocycles. The van der Waals surface area contributed by atoms with E-state index in [1.165, 1.54) is 19.3 Å². The Morgan fingerprint density at radius 2 is 2.00 bits per heavy atom. The Labute approximate surface area is 130 Å². The molecule has 3 nitrogen and oxygen atoms in total. The Morgan fingerprint density at radius 1 is 1.29 bits per heavy atom. The Bertz CT molecular complexity index is 599. The van der Waals surface area contributed by atoms with Crippen molar-refractivity contribution in [1.82, 2.24) is 5.32 Å². The van der Waals surface area contributed by atoms with Crippen LogP contribution in [0.3, 0.4) is 0 Å². The largest absolute Gasteiger partial charge is 0.389 e. The average Bonchev–Trinajstić information content (AvgIpc) is 2.93. The second-order valence-corrected chi connectivity index (χ2v) is 7.24. The third-order valence-corrected chi connectivity index (χ3v) is 5.95. The summed E-state index contributed by atoms with van der Waals surface area (Å²) in [5, 5.41) is 3.10. The van der Waals surface area contributed by atoms with Gasteiger partial charge in [-0.05, 0) is 54.6 Å². The van der Waals surface area contributed by atoms with Crippen LogP contribution in [0.4, 0.5) is 0 Å². The Morgan fingerprint density at radius 3 is 2.67 bits per heavy atom. The van der Waals surface area contributed by atoms with Crippen molar-refractivity contribution < 1.29 is 4.79 Å². The number of nitrogens with two attached hydrogens (primary N) is 1. The molecule has 1 aromatic rings. The number of amides is 1. The molecule has 1 amide bonds. The Hall–Kier alpha value is -1.42. The van der Waals surface area contributed by atoms with E-state index in [1.807, 2.05) is 24.3 Å². The molecule has 3 aliphatic rings. The molecule has 2 bridgehead atoms. The molecule has 4 rings (SSSR count). The number of rotatable bonds is 4. The third-order valence-electron chi connectivity index (χ3n) is 5.72. The molecule has 0 aromatic heterocycles. The van der Waals surface area contributed by atoms with Crippen molar-refractivity contribution in [3.8, 4) is 0 Å². The van der Waals surface area contributed by atoms with Gasteiger partial charge in [-0.25, -0.2) is 0 Å². The van der Waals surface area contributed by atoms with Gasteiger partial charge in [-0.2, -0.15) is 0 Å². The van der Waals surface area contributed by atoms with E-state index in [0.29, 0.717) is 29.3 Å². The van der Waals surface area contributed by atoms with Gasteiger partial charge in [0.1, 0.15) is 4.99 Å². The molecule has 21 heavy (non-hydrogen) atoms. The highest BCUT2D eigenvalue weighted by molar-refractivity contribution is 7.80. The molecule has 4 unspecified atom stereocenters. The summed E-state index contributed by atoms with van der Waals surface area (Å²) in [6, 6.07) is 7.79. The van der Waals surface area contributed by atoms with Gasteiger partial charge in [0.05, 0.1) is 0 Å². The van der Waals surface area contributed by atoms with Crippen molar-refractivity contribution in [2.45, 2.75) is 25.8 Å². The number of carbonyl (C=O) groups is 1. The molecular formula is C17H20N2OS. The van der Waals surface area contributed by atoms with Crippen LogP contribution in [0.1, 0.15) is 30.4 Å². The van der Waals surface area contributed by atoms with Gasteiger partial charge in [-0.3, -0.25) is 4.79 Å². The molecule has 3 saturated carbocycles. The summed E-state index contributed by atoms with van der Waals surface area (Å²) in [6.07, 6.45) is 4.09. The monoisotopic (exact) mass is 300 g/mol. The second kappa shape index (κ2) is 4.80. The van der Waals surface area contributed by atoms with Gasteiger partial charge >= 0.3 is 0 Å². The molecule has 4 heteroatoms. The van der Waals surface area contributed by atoms with Gasteiger partial charge in [0, 0.05) is 18.0 Å². The van der Waals surface area contributed by atoms with Crippen molar-refractivity contribution in [2.24, 2.45) is 35.3 Å². The fraction of sp³-hybridized carbons (Fsp3) is 0.529. The van der Waals surface area contributed by atoms with E-state index in [2.05, 4.69) is 5.32 Å². The van der Waals surface area contributed by atoms with Crippen LogP contribution in [0, 0.1) is 29.6 Å². The maximum atomic E-state index is 12.4. The predicted octanol–water partition coefficient (Wildman–Crippen LogP) is 2.23. The van der Waals surface area contributed by atoms with Crippen LogP contribution < -0.4 is 11.1 Å². The first-order valence-electron chi connectivity index (χ1n) is 7.81. The van der Waals surface area contributed by atoms with Crippen LogP contribution in [0.25, 0.3) is 0 Å². The quantitative estimate of drug-likeness (QED) is 0.838. The molecule has 3 N–H and O–H groups in total. The smallest absolute Gasteiger partial charge is 0.223 e. The van der Waals surface area contributed by atoms with Gasteiger partial charge in [0.15, 0.2) is 0 Å². The first kappa shape index (κ1) is 13.3. The first-order valence-corrected chi connectivity index (χ1v) is 8.22. The molecular weight excluding hydrogens is 280 g/mol. The van der Waals surface area contributed by atoms with Crippen LogP contribution >= 0.6 is 12.2 Å². The molecule has 0 aliphatic heterocycles. The van der Waals surface area contributed by atoms with E-state index in [4.69, 9.17) is 18.0 Å². The minimum absolute atomic E-state index is 0.252. The van der Waals surface area contributed by atoms with Gasteiger partial charge in [-0.15, -0.1) is 0 Å². The lowest BCUT2D eigenvalue weighted by Gasteiger charge is -2.10. The number of hydrogen-bond acceptors (Lipinski definition) is 2. The third kappa shape index (κ3) is 2.16. The number of hydrogen-bond donors (Lipinski definition) is 2. The topological polar surface area (TPSA) is 55.1 Å². The van der Waals surface area contributed by atoms with Crippen LogP contribution in [-0.4, -0.2) is 10.9 Å². The number of nitrogens with one attached hydrogen (secondary N) is 1. The van der Waals surface area contributed by atoms with E-state index in [1.54, 1.807) is 0 Å². The summed E-state index contributed by atoms with van der Waals surface area (Å²) in [5.74, 6) is 3.64. The summed E-state index contributed by atoms with van der Waals surface area (Å²) in [6.45, 7) is 0.570. The molecule has 3 fully saturated rings. The van der Waals surface area contributed by atoms with Gasteiger partial charge < -0.3 is 11.1 Å². The molecule has 0 saturated heterocycles. The fourth-order valence-electron chi connectivity index (χ4n) is 4.82. The fourth-order valence-corrected chi connectivity index (χ4v) is 4.94. The van der Waals surface area contributed by atoms with Gasteiger partial charge in [0.2, 0.25) is 5.91 Å². The zero-order valence-corrected chi connectivity index (χ0v) is 12.7. The maximum Gasteiger partial charge on any atom is 0.223 e. The van der Waals surface area contributed by atoms with Gasteiger partial charge in [-0.1, -0.05) is 30.4 Å². The van der Waals surface area contributed by atoms with Crippen LogP contribution in [-0.2, 0) is 11.3 Å². The Kier molecular flexibility index (Phi) is 3.03. The van der Waals surface area contributed by atoms with E-state index in [9.17, 15) is 4.79 Å². The lowest BCUT2D eigenvalue weighted by Crippen LogP contribution is -2.27. The molecule has 0 heterocycles. The number of carbonyl (C=O) groups excluding carboxylic acids is 1. The summed E-state index contributed by atoms with van der Waals surface area (Å²) in [4.78, 5) is 12.8. The van der Waals surface area contributed by atoms with Crippen molar-refractivity contribution >= 4 is 23.1 Å². The SMILES string of the molecule is NC(=S)c1cccc(CNC(=O)C2C3C4CCC(C4)C23)c1. The highest BCUT2D eigenvalue weighted by atomic mass is 32.1. The standard InChI is InChI=1S/C17H20N2OS/c18-16(21)12-3-1-2-9(6-12)8-19-17(20)15-13-10-4-5-11(7-10)14(13)15/h1-3,6,10-11,13-15H,4-5,7-8H2,(H2,18,21)(H,19,20). The van der Waals surface area contributed by atoms with Crippen molar-refractivity contribution in [3.63, 3.8) is 0 Å². The van der Waals surface area contributed by atoms with Crippen molar-refractivity contribution in [1.29, 1.82) is 0 Å². The number of benzene rings is 1. The van der Waals surface area contributed by atoms with E-state index in [0.717, 1.165) is 23.0 Å². The lowest BCUT2D eigenvalue weighted by molar-refractivity contribution is -0.123. The summed E-state index contributed by atoms with van der Waals surface area (Å²) >= 11 is 4.99. The summed E-state index contributed by atoms with van der Waals surface area (Å²) < 4.78 is 0. The van der Waals surface area contributed by atoms with Crippen LogP contribution in [0.2, 0.25) is 0 Å². The number of fused-ring (bicyclic) bond motifs is 5. The van der Waals surface area contributed by atoms with E-state index in [-0.39, 0.29) is 5.91 Å². The van der Waals surface area contributed by atoms with Crippen molar-refractivity contribution in [2.75, 3.05) is 0 Å². The minimum atomic E-state index is 0.252. The number of thiocarbonyl (C=S) groups is 1. The zero-order valence-electron chi connectivity index (χ0n) is 11.9. The highest BCUT2D eigenvalue weighted by Crippen LogP contribution is 2.69. The molecule has 1 aromatic carbocycles. The summed E-state index contributed by atoms with van der Waals surface area (Å²) in [5.41, 5.74) is 7.56. The zero-order chi connectivity index (χ0) is 14.6. The van der Waals surface area contributed by atoms with Gasteiger partial charge in [0.25, 0.3) is 0 Å². The maximum absolute atomic E-state index is 12.4. The molecule has 4 atom stereocenters. The minimum Gasteiger partial charge on any atom is -0.389 e. The van der Waals surface area contributed by atoms with Crippen LogP contribution in [0.15, 0.2) is 24.3 Å². The average molecular weight is 300 g/mol. The van der Waals surface area contributed by atoms with E-state index < -0.39 is 0 Å². The van der Waals surface area contributed by atoms with Crippen LogP contribution in [0.5, 0.6) is 0 Å². The first-order chi connectivity index (χ1) is 10.1. The predicted molar refractivity (Wildman–Crippen MR) is 85.5 cm³/mol. The molecule has 0 radical (unpaired) electrons.